The lowest BCUT2D eigenvalue weighted by molar-refractivity contribution is -0.0251. The van der Waals surface area contributed by atoms with Gasteiger partial charge in [0.25, 0.3) is 0 Å². The van der Waals surface area contributed by atoms with E-state index in [9.17, 15) is 4.79 Å². The van der Waals surface area contributed by atoms with Crippen molar-refractivity contribution in [2.45, 2.75) is 65.6 Å². The van der Waals surface area contributed by atoms with Gasteiger partial charge in [-0.05, 0) is 48.5 Å². The molecule has 0 aliphatic carbocycles. The van der Waals surface area contributed by atoms with Crippen molar-refractivity contribution in [3.8, 4) is 0 Å². The van der Waals surface area contributed by atoms with Crippen LogP contribution in [0.4, 0.5) is 4.79 Å². The Hall–Kier alpha value is -0.770. The molecule has 106 valence electrons. The average molecular weight is 256 g/mol. The van der Waals surface area contributed by atoms with Crippen LogP contribution in [0.5, 0.6) is 0 Å². The number of hydrogen-bond acceptors (Lipinski definition) is 3. The molecule has 0 N–H and O–H groups in total. The molecule has 0 saturated carbocycles. The van der Waals surface area contributed by atoms with Gasteiger partial charge in [0.1, 0.15) is 5.60 Å². The summed E-state index contributed by atoms with van der Waals surface area (Å²) in [5.41, 5.74) is -0.417. The highest BCUT2D eigenvalue weighted by Gasteiger charge is 2.37. The molecule has 0 bridgehead atoms. The minimum Gasteiger partial charge on any atom is -0.444 e. The average Bonchev–Trinajstić information content (AvgIpc) is 2.12. The standard InChI is InChI=1S/C14H28N2O2/c1-11(2)16-9-8-15(10-14(16,6)7)12(17)18-13(3,4)5/h11H,8-10H2,1-7H3. The van der Waals surface area contributed by atoms with Crippen LogP contribution in [0.1, 0.15) is 48.5 Å². The van der Waals surface area contributed by atoms with E-state index in [0.29, 0.717) is 6.04 Å². The smallest absolute Gasteiger partial charge is 0.410 e. The predicted octanol–water partition coefficient (Wildman–Crippen LogP) is 2.73. The molecule has 4 nitrogen and oxygen atoms in total. The van der Waals surface area contributed by atoms with Crippen LogP contribution in [0, 0.1) is 0 Å². The summed E-state index contributed by atoms with van der Waals surface area (Å²) in [7, 11) is 0. The molecule has 1 fully saturated rings. The van der Waals surface area contributed by atoms with Crippen molar-refractivity contribution in [3.05, 3.63) is 0 Å². The molecule has 0 atom stereocenters. The Labute approximate surface area is 111 Å². The maximum absolute atomic E-state index is 12.1. The summed E-state index contributed by atoms with van der Waals surface area (Å²) in [6, 6.07) is 0.501. The minimum absolute atomic E-state index is 0.00329. The summed E-state index contributed by atoms with van der Waals surface area (Å²) in [5.74, 6) is 0. The van der Waals surface area contributed by atoms with Gasteiger partial charge in [-0.2, -0.15) is 0 Å². The third-order valence-electron chi connectivity index (χ3n) is 3.24. The second-order valence-corrected chi connectivity index (χ2v) is 7.00. The van der Waals surface area contributed by atoms with Gasteiger partial charge in [0, 0.05) is 31.2 Å². The topological polar surface area (TPSA) is 32.8 Å². The van der Waals surface area contributed by atoms with Gasteiger partial charge in [0.05, 0.1) is 0 Å². The van der Waals surface area contributed by atoms with Crippen LogP contribution in [0.15, 0.2) is 0 Å². The Balaban J connectivity index is 2.66. The van der Waals surface area contributed by atoms with E-state index in [1.165, 1.54) is 0 Å². The number of ether oxygens (including phenoxy) is 1. The highest BCUT2D eigenvalue weighted by atomic mass is 16.6. The highest BCUT2D eigenvalue weighted by Crippen LogP contribution is 2.24. The van der Waals surface area contributed by atoms with Gasteiger partial charge < -0.3 is 9.64 Å². The summed E-state index contributed by atoms with van der Waals surface area (Å²) in [6.45, 7) is 16.9. The molecule has 0 spiro atoms. The van der Waals surface area contributed by atoms with Crippen molar-refractivity contribution in [1.82, 2.24) is 9.80 Å². The lowest BCUT2D eigenvalue weighted by Crippen LogP contribution is -2.62. The first-order valence-corrected chi connectivity index (χ1v) is 6.77. The van der Waals surface area contributed by atoms with Crippen LogP contribution in [-0.2, 0) is 4.74 Å². The van der Waals surface area contributed by atoms with E-state index >= 15 is 0 Å². The number of hydrogen-bond donors (Lipinski definition) is 0. The molecule has 1 aliphatic heterocycles. The van der Waals surface area contributed by atoms with E-state index in [4.69, 9.17) is 4.74 Å². The van der Waals surface area contributed by atoms with Gasteiger partial charge in [0.15, 0.2) is 0 Å². The van der Waals surface area contributed by atoms with Crippen molar-refractivity contribution >= 4 is 6.09 Å². The first kappa shape index (κ1) is 15.3. The molecule has 0 aromatic carbocycles. The van der Waals surface area contributed by atoms with Crippen LogP contribution in [-0.4, -0.2) is 52.7 Å². The van der Waals surface area contributed by atoms with E-state index in [2.05, 4.69) is 32.6 Å². The summed E-state index contributed by atoms with van der Waals surface area (Å²) < 4.78 is 5.43. The monoisotopic (exact) mass is 256 g/mol. The fourth-order valence-corrected chi connectivity index (χ4v) is 2.61. The van der Waals surface area contributed by atoms with Crippen molar-refractivity contribution in [1.29, 1.82) is 0 Å². The van der Waals surface area contributed by atoms with Crippen molar-refractivity contribution in [2.24, 2.45) is 0 Å². The van der Waals surface area contributed by atoms with Crippen molar-refractivity contribution in [3.63, 3.8) is 0 Å². The Kier molecular flexibility index (Phi) is 4.31. The van der Waals surface area contributed by atoms with Gasteiger partial charge in [-0.1, -0.05) is 0 Å². The molecule has 1 heterocycles. The van der Waals surface area contributed by atoms with Crippen LogP contribution in [0.2, 0.25) is 0 Å². The zero-order valence-corrected chi connectivity index (χ0v) is 12.9. The third-order valence-corrected chi connectivity index (χ3v) is 3.24. The van der Waals surface area contributed by atoms with Gasteiger partial charge in [0.2, 0.25) is 0 Å². The summed E-state index contributed by atoms with van der Waals surface area (Å²) in [5, 5.41) is 0. The first-order valence-electron chi connectivity index (χ1n) is 6.77. The molecule has 4 heteroatoms. The fraction of sp³-hybridized carbons (Fsp3) is 0.929. The largest absolute Gasteiger partial charge is 0.444 e. The quantitative estimate of drug-likeness (QED) is 0.723. The summed E-state index contributed by atoms with van der Waals surface area (Å²) >= 11 is 0. The maximum atomic E-state index is 12.1. The molecular weight excluding hydrogens is 228 g/mol. The predicted molar refractivity (Wildman–Crippen MR) is 73.7 cm³/mol. The van der Waals surface area contributed by atoms with E-state index < -0.39 is 5.60 Å². The number of carbonyl (C=O) groups is 1. The molecule has 0 aromatic rings. The normalized spacial score (nSPS) is 21.2. The molecule has 1 saturated heterocycles. The minimum atomic E-state index is -0.420. The fourth-order valence-electron chi connectivity index (χ4n) is 2.61. The molecule has 0 radical (unpaired) electrons. The maximum Gasteiger partial charge on any atom is 0.410 e. The SMILES string of the molecule is CC(C)N1CCN(C(=O)OC(C)(C)C)CC1(C)C. The molecule has 18 heavy (non-hydrogen) atoms. The summed E-state index contributed by atoms with van der Waals surface area (Å²) in [6.07, 6.45) is -0.195. The van der Waals surface area contributed by atoms with Crippen LogP contribution in [0.25, 0.3) is 0 Å². The van der Waals surface area contributed by atoms with Gasteiger partial charge in [-0.25, -0.2) is 4.79 Å². The Morgan fingerprint density at radius 3 is 2.17 bits per heavy atom. The Morgan fingerprint density at radius 1 is 1.22 bits per heavy atom. The van der Waals surface area contributed by atoms with E-state index in [0.717, 1.165) is 19.6 Å². The van der Waals surface area contributed by atoms with Gasteiger partial charge in [-0.3, -0.25) is 4.90 Å². The van der Waals surface area contributed by atoms with Crippen LogP contribution in [0.3, 0.4) is 0 Å². The van der Waals surface area contributed by atoms with Gasteiger partial charge in [-0.15, -0.1) is 0 Å². The molecular formula is C14H28N2O2. The third kappa shape index (κ3) is 3.87. The second kappa shape index (κ2) is 5.08. The van der Waals surface area contributed by atoms with E-state index in [1.807, 2.05) is 25.7 Å². The molecule has 0 unspecified atom stereocenters. The molecule has 0 aromatic heterocycles. The van der Waals surface area contributed by atoms with Crippen LogP contribution >= 0.6 is 0 Å². The van der Waals surface area contributed by atoms with Gasteiger partial charge >= 0.3 is 6.09 Å². The van der Waals surface area contributed by atoms with Crippen molar-refractivity contribution in [2.75, 3.05) is 19.6 Å². The number of carbonyl (C=O) groups excluding carboxylic acids is 1. The number of piperazine rings is 1. The highest BCUT2D eigenvalue weighted by molar-refractivity contribution is 5.68. The van der Waals surface area contributed by atoms with E-state index in [-0.39, 0.29) is 11.6 Å². The zero-order chi connectivity index (χ0) is 14.1. The lowest BCUT2D eigenvalue weighted by atomic mass is 9.97. The summed E-state index contributed by atoms with van der Waals surface area (Å²) in [4.78, 5) is 16.3. The molecule has 1 amide bonds. The Bertz CT molecular complexity index is 305. The number of amides is 1. The zero-order valence-electron chi connectivity index (χ0n) is 12.9. The number of nitrogens with zero attached hydrogens (tertiary/aromatic N) is 2. The molecule has 1 rings (SSSR count). The lowest BCUT2D eigenvalue weighted by Gasteiger charge is -2.49. The van der Waals surface area contributed by atoms with Crippen molar-refractivity contribution < 1.29 is 9.53 Å². The van der Waals surface area contributed by atoms with Crippen LogP contribution < -0.4 is 0 Å². The molecule has 1 aliphatic rings. The van der Waals surface area contributed by atoms with E-state index in [1.54, 1.807) is 0 Å². The second-order valence-electron chi connectivity index (χ2n) is 7.00. The Morgan fingerprint density at radius 2 is 1.78 bits per heavy atom. The number of rotatable bonds is 1. The first-order chi connectivity index (χ1) is 8.03.